The van der Waals surface area contributed by atoms with Gasteiger partial charge in [-0.3, -0.25) is 9.59 Å². The Labute approximate surface area is 200 Å². The number of carbonyl (C=O) groups excluding carboxylic acids is 2. The SMILES string of the molecule is CC(C)N(C)[C@@H]1CC[C@H](NC(=O)CNC(=O)c2cccc(C(F)(F)F)c2)[C@H](COC(C)(C)C)C1. The number of amides is 2. The second kappa shape index (κ2) is 11.5. The van der Waals surface area contributed by atoms with Crippen molar-refractivity contribution in [2.45, 2.75) is 83.8 Å². The Bertz CT molecular complexity index is 837. The molecule has 1 aromatic rings. The minimum atomic E-state index is -4.54. The highest BCUT2D eigenvalue weighted by molar-refractivity contribution is 5.96. The Kier molecular flexibility index (Phi) is 9.53. The van der Waals surface area contributed by atoms with Gasteiger partial charge < -0.3 is 20.3 Å². The van der Waals surface area contributed by atoms with E-state index in [-0.39, 0.29) is 35.6 Å². The molecule has 9 heteroatoms. The maximum atomic E-state index is 12.9. The van der Waals surface area contributed by atoms with Crippen molar-refractivity contribution in [3.8, 4) is 0 Å². The molecule has 3 atom stereocenters. The maximum Gasteiger partial charge on any atom is 0.416 e. The molecule has 0 aliphatic heterocycles. The Morgan fingerprint density at radius 2 is 1.85 bits per heavy atom. The molecule has 0 bridgehead atoms. The third-order valence-electron chi connectivity index (χ3n) is 6.28. The van der Waals surface area contributed by atoms with Crippen LogP contribution in [-0.2, 0) is 15.7 Å². The van der Waals surface area contributed by atoms with Crippen LogP contribution in [0.3, 0.4) is 0 Å². The lowest BCUT2D eigenvalue weighted by Crippen LogP contribution is -2.52. The molecule has 2 rings (SSSR count). The van der Waals surface area contributed by atoms with Crippen LogP contribution in [-0.4, -0.2) is 60.6 Å². The van der Waals surface area contributed by atoms with Gasteiger partial charge in [-0.05, 0) is 79.1 Å². The minimum absolute atomic E-state index is 0.0999. The molecule has 0 saturated heterocycles. The molecule has 1 aliphatic carbocycles. The number of nitrogens with one attached hydrogen (secondary N) is 2. The van der Waals surface area contributed by atoms with Gasteiger partial charge in [-0.25, -0.2) is 0 Å². The highest BCUT2D eigenvalue weighted by atomic mass is 19.4. The summed E-state index contributed by atoms with van der Waals surface area (Å²) in [7, 11) is 2.11. The Morgan fingerprint density at radius 1 is 1.18 bits per heavy atom. The second-order valence-electron chi connectivity index (χ2n) is 10.3. The van der Waals surface area contributed by atoms with E-state index in [2.05, 4.69) is 36.4 Å². The molecule has 1 aliphatic rings. The van der Waals surface area contributed by atoms with Crippen LogP contribution in [0.5, 0.6) is 0 Å². The van der Waals surface area contributed by atoms with E-state index in [4.69, 9.17) is 4.74 Å². The van der Waals surface area contributed by atoms with Crippen molar-refractivity contribution >= 4 is 11.8 Å². The molecular weight excluding hydrogens is 447 g/mol. The smallest absolute Gasteiger partial charge is 0.375 e. The topological polar surface area (TPSA) is 70.7 Å². The first-order chi connectivity index (χ1) is 15.7. The summed E-state index contributed by atoms with van der Waals surface area (Å²) < 4.78 is 44.7. The lowest BCUT2D eigenvalue weighted by molar-refractivity contribution is -0.137. The first-order valence-corrected chi connectivity index (χ1v) is 11.8. The summed E-state index contributed by atoms with van der Waals surface area (Å²) in [5, 5.41) is 5.43. The van der Waals surface area contributed by atoms with Crippen molar-refractivity contribution in [2.75, 3.05) is 20.2 Å². The average molecular weight is 486 g/mol. The molecule has 6 nitrogen and oxygen atoms in total. The Morgan fingerprint density at radius 3 is 2.44 bits per heavy atom. The molecule has 1 fully saturated rings. The summed E-state index contributed by atoms with van der Waals surface area (Å²) in [5.41, 5.74) is -1.35. The van der Waals surface area contributed by atoms with Gasteiger partial charge in [0, 0.05) is 29.6 Å². The normalized spacial score (nSPS) is 21.6. The summed E-state index contributed by atoms with van der Waals surface area (Å²) in [6, 6.07) is 4.83. The minimum Gasteiger partial charge on any atom is -0.375 e. The lowest BCUT2D eigenvalue weighted by Gasteiger charge is -2.42. The molecule has 0 spiro atoms. The van der Waals surface area contributed by atoms with Crippen LogP contribution in [0.25, 0.3) is 0 Å². The van der Waals surface area contributed by atoms with Crippen LogP contribution in [0.15, 0.2) is 24.3 Å². The quantitative estimate of drug-likeness (QED) is 0.578. The number of hydrogen-bond acceptors (Lipinski definition) is 4. The van der Waals surface area contributed by atoms with E-state index < -0.39 is 17.6 Å². The van der Waals surface area contributed by atoms with Crippen LogP contribution < -0.4 is 10.6 Å². The molecule has 0 radical (unpaired) electrons. The number of nitrogens with zero attached hydrogens (tertiary/aromatic N) is 1. The van der Waals surface area contributed by atoms with E-state index in [1.807, 2.05) is 20.8 Å². The van der Waals surface area contributed by atoms with Crippen molar-refractivity contribution in [2.24, 2.45) is 5.92 Å². The Hall–Kier alpha value is -2.13. The number of hydrogen-bond donors (Lipinski definition) is 2. The van der Waals surface area contributed by atoms with Crippen LogP contribution in [0.2, 0.25) is 0 Å². The van der Waals surface area contributed by atoms with E-state index in [0.717, 1.165) is 31.4 Å². The fourth-order valence-electron chi connectivity index (χ4n) is 4.12. The molecule has 2 N–H and O–H groups in total. The number of carbonyl (C=O) groups is 2. The third-order valence-corrected chi connectivity index (χ3v) is 6.28. The molecule has 0 aromatic heterocycles. The van der Waals surface area contributed by atoms with Crippen LogP contribution >= 0.6 is 0 Å². The largest absolute Gasteiger partial charge is 0.416 e. The van der Waals surface area contributed by atoms with Gasteiger partial charge in [0.25, 0.3) is 5.91 Å². The maximum absolute atomic E-state index is 12.9. The van der Waals surface area contributed by atoms with Crippen molar-refractivity contribution in [1.29, 1.82) is 0 Å². The number of ether oxygens (including phenoxy) is 1. The fraction of sp³-hybridized carbons (Fsp3) is 0.680. The van der Waals surface area contributed by atoms with Gasteiger partial charge in [0.05, 0.1) is 24.3 Å². The molecule has 2 amide bonds. The van der Waals surface area contributed by atoms with Crippen molar-refractivity contribution in [1.82, 2.24) is 15.5 Å². The van der Waals surface area contributed by atoms with Gasteiger partial charge >= 0.3 is 6.18 Å². The van der Waals surface area contributed by atoms with E-state index in [0.29, 0.717) is 18.7 Å². The summed E-state index contributed by atoms with van der Waals surface area (Å²) >= 11 is 0. The van der Waals surface area contributed by atoms with E-state index in [9.17, 15) is 22.8 Å². The first kappa shape index (κ1) is 28.1. The summed E-state index contributed by atoms with van der Waals surface area (Å²) in [6.07, 6.45) is -1.94. The zero-order valence-corrected chi connectivity index (χ0v) is 21.0. The molecule has 192 valence electrons. The predicted molar refractivity (Wildman–Crippen MR) is 125 cm³/mol. The first-order valence-electron chi connectivity index (χ1n) is 11.8. The van der Waals surface area contributed by atoms with Gasteiger partial charge in [0.15, 0.2) is 0 Å². The van der Waals surface area contributed by atoms with Gasteiger partial charge in [-0.2, -0.15) is 13.2 Å². The van der Waals surface area contributed by atoms with Crippen LogP contribution in [0.4, 0.5) is 13.2 Å². The highest BCUT2D eigenvalue weighted by Gasteiger charge is 2.35. The fourth-order valence-corrected chi connectivity index (χ4v) is 4.12. The predicted octanol–water partition coefficient (Wildman–Crippen LogP) is 4.24. The molecule has 1 saturated carbocycles. The number of halogens is 3. The molecule has 1 aromatic carbocycles. The molecule has 0 heterocycles. The van der Waals surface area contributed by atoms with E-state index in [1.165, 1.54) is 12.1 Å². The summed E-state index contributed by atoms with van der Waals surface area (Å²) in [6.45, 7) is 10.5. The average Bonchev–Trinajstić information content (AvgIpc) is 2.75. The number of rotatable bonds is 8. The lowest BCUT2D eigenvalue weighted by atomic mass is 9.81. The monoisotopic (exact) mass is 485 g/mol. The zero-order valence-electron chi connectivity index (χ0n) is 21.0. The summed E-state index contributed by atoms with van der Waals surface area (Å²) in [5.74, 6) is -0.986. The van der Waals surface area contributed by atoms with Gasteiger partial charge in [0.2, 0.25) is 5.91 Å². The van der Waals surface area contributed by atoms with Gasteiger partial charge in [-0.1, -0.05) is 6.07 Å². The second-order valence-corrected chi connectivity index (χ2v) is 10.3. The molecular formula is C25H38F3N3O3. The standard InChI is InChI=1S/C25H38F3N3O3/c1-16(2)31(6)20-10-11-21(18(13-20)15-34-24(3,4)5)30-22(32)14-29-23(33)17-8-7-9-19(12-17)25(26,27)28/h7-9,12,16,18,20-21H,10-11,13-15H2,1-6H3,(H,29,33)(H,30,32)/t18-,20+,21-/m0/s1. The highest BCUT2D eigenvalue weighted by Crippen LogP contribution is 2.31. The van der Waals surface area contributed by atoms with Crippen LogP contribution in [0, 0.1) is 5.92 Å². The summed E-state index contributed by atoms with van der Waals surface area (Å²) in [4.78, 5) is 27.2. The van der Waals surface area contributed by atoms with Crippen molar-refractivity contribution in [3.63, 3.8) is 0 Å². The van der Waals surface area contributed by atoms with Crippen LogP contribution in [0.1, 0.15) is 69.8 Å². The third kappa shape index (κ3) is 8.58. The number of alkyl halides is 3. The molecule has 34 heavy (non-hydrogen) atoms. The van der Waals surface area contributed by atoms with Crippen molar-refractivity contribution in [3.05, 3.63) is 35.4 Å². The van der Waals surface area contributed by atoms with Gasteiger partial charge in [-0.15, -0.1) is 0 Å². The van der Waals surface area contributed by atoms with Crippen molar-refractivity contribution < 1.29 is 27.5 Å². The van der Waals surface area contributed by atoms with Gasteiger partial charge in [0.1, 0.15) is 0 Å². The molecule has 0 unspecified atom stereocenters. The van der Waals surface area contributed by atoms with E-state index in [1.54, 1.807) is 0 Å². The zero-order chi connectivity index (χ0) is 25.7. The number of benzene rings is 1. The Balaban J connectivity index is 1.97. The van der Waals surface area contributed by atoms with E-state index >= 15 is 0 Å².